The number of ether oxygens (including phenoxy) is 2. The van der Waals surface area contributed by atoms with Crippen LogP contribution in [0.25, 0.3) is 0 Å². The van der Waals surface area contributed by atoms with Crippen LogP contribution in [0.4, 0.5) is 5.69 Å². The number of nitrogens with one attached hydrogen (secondary N) is 1. The smallest absolute Gasteiger partial charge is 0.376 e. The lowest BCUT2D eigenvalue weighted by atomic mass is 9.89. The van der Waals surface area contributed by atoms with E-state index in [0.717, 1.165) is 29.5 Å². The Morgan fingerprint density at radius 2 is 1.81 bits per heavy atom. The predicted molar refractivity (Wildman–Crippen MR) is 116 cm³/mol. The van der Waals surface area contributed by atoms with Gasteiger partial charge in [-0.1, -0.05) is 18.2 Å². The van der Waals surface area contributed by atoms with Crippen LogP contribution in [0.1, 0.15) is 33.5 Å². The van der Waals surface area contributed by atoms with E-state index in [9.17, 15) is 14.4 Å². The van der Waals surface area contributed by atoms with Crippen LogP contribution in [0.2, 0.25) is 0 Å². The Morgan fingerprint density at radius 3 is 2.48 bits per heavy atom. The van der Waals surface area contributed by atoms with Gasteiger partial charge in [0.25, 0.3) is 11.7 Å². The molecule has 0 radical (unpaired) electrons. The van der Waals surface area contributed by atoms with Gasteiger partial charge in [0.2, 0.25) is 0 Å². The molecule has 1 aliphatic carbocycles. The van der Waals surface area contributed by atoms with Crippen molar-refractivity contribution in [2.45, 2.75) is 25.4 Å². The van der Waals surface area contributed by atoms with Gasteiger partial charge in [-0.15, -0.1) is 0 Å². The van der Waals surface area contributed by atoms with E-state index in [-0.39, 0.29) is 18.6 Å². The van der Waals surface area contributed by atoms with Crippen LogP contribution in [-0.4, -0.2) is 50.4 Å². The number of methoxy groups -OCH3 is 1. The molecule has 0 aromatic heterocycles. The van der Waals surface area contributed by atoms with Gasteiger partial charge in [0.1, 0.15) is 12.4 Å². The number of fused-ring (bicyclic) bond motifs is 1. The Balaban J connectivity index is 1.59. The number of ketones is 1. The van der Waals surface area contributed by atoms with Gasteiger partial charge in [-0.25, -0.2) is 4.79 Å². The number of nitrogens with two attached hydrogens (primary N) is 1. The number of rotatable bonds is 7. The Labute approximate surface area is 180 Å². The van der Waals surface area contributed by atoms with Crippen LogP contribution in [0.15, 0.2) is 47.5 Å². The number of esters is 1. The summed E-state index contributed by atoms with van der Waals surface area (Å²) in [6, 6.07) is 12.7. The van der Waals surface area contributed by atoms with Crippen molar-refractivity contribution in [1.82, 2.24) is 0 Å². The molecule has 3 rings (SSSR count). The Kier molecular flexibility index (Phi) is 7.15. The molecule has 2 aromatic rings. The molecular formula is C23H25N3O5. The number of nitrogens with zero attached hydrogens (tertiary/aromatic N) is 1. The fourth-order valence-electron chi connectivity index (χ4n) is 3.43. The minimum Gasteiger partial charge on any atom is -0.463 e. The van der Waals surface area contributed by atoms with Crippen LogP contribution in [0, 0.1) is 0 Å². The van der Waals surface area contributed by atoms with E-state index in [0.29, 0.717) is 23.5 Å². The summed E-state index contributed by atoms with van der Waals surface area (Å²) in [5, 5.41) is 2.91. The second-order valence-corrected chi connectivity index (χ2v) is 7.21. The lowest BCUT2D eigenvalue weighted by Gasteiger charge is -2.25. The van der Waals surface area contributed by atoms with Gasteiger partial charge in [0.15, 0.2) is 0 Å². The molecule has 0 heterocycles. The van der Waals surface area contributed by atoms with Crippen molar-refractivity contribution in [3.05, 3.63) is 64.7 Å². The van der Waals surface area contributed by atoms with Gasteiger partial charge in [0.05, 0.1) is 13.2 Å². The van der Waals surface area contributed by atoms with Crippen molar-refractivity contribution < 1.29 is 23.9 Å². The maximum Gasteiger partial charge on any atom is 0.376 e. The number of benzene rings is 2. The number of amidine groups is 1. The number of Topliss-reactive ketones (excluding diaryl/α,β-unsaturated/α-hetero) is 1. The molecule has 2 aromatic carbocycles. The monoisotopic (exact) mass is 423 g/mol. The summed E-state index contributed by atoms with van der Waals surface area (Å²) >= 11 is 0. The van der Waals surface area contributed by atoms with Crippen LogP contribution in [0.5, 0.6) is 0 Å². The van der Waals surface area contributed by atoms with E-state index in [1.165, 1.54) is 7.11 Å². The molecule has 1 aliphatic rings. The standard InChI is InChI=1S/C23H25N3O5/c1-25-21(24)14-3-5-15(6-4-14)22(28)26-18-9-7-17-12-19(10-8-16(17)11-18)31-13-20(27)23(29)30-2/h3-7,9,11,19H,8,10,12-13H2,1-2H3,(H2,24,25)(H,26,28). The molecule has 0 saturated heterocycles. The molecule has 1 atom stereocenters. The quantitative estimate of drug-likeness (QED) is 0.304. The van der Waals surface area contributed by atoms with Crippen molar-refractivity contribution >= 4 is 29.2 Å². The minimum absolute atomic E-state index is 0.140. The molecule has 0 spiro atoms. The summed E-state index contributed by atoms with van der Waals surface area (Å²) in [7, 11) is 2.78. The molecule has 8 heteroatoms. The summed E-state index contributed by atoms with van der Waals surface area (Å²) in [5.41, 5.74) is 9.99. The zero-order valence-corrected chi connectivity index (χ0v) is 17.5. The average molecular weight is 423 g/mol. The molecule has 3 N–H and O–H groups in total. The number of hydrogen-bond donors (Lipinski definition) is 2. The lowest BCUT2D eigenvalue weighted by molar-refractivity contribution is -0.154. The zero-order chi connectivity index (χ0) is 22.4. The van der Waals surface area contributed by atoms with Crippen molar-refractivity contribution in [2.24, 2.45) is 10.7 Å². The van der Waals surface area contributed by atoms with Gasteiger partial charge in [-0.05, 0) is 54.7 Å². The average Bonchev–Trinajstić information content (AvgIpc) is 2.81. The summed E-state index contributed by atoms with van der Waals surface area (Å²) in [6.07, 6.45) is 1.97. The number of amides is 1. The maximum atomic E-state index is 12.6. The van der Waals surface area contributed by atoms with Gasteiger partial charge in [0, 0.05) is 23.9 Å². The zero-order valence-electron chi connectivity index (χ0n) is 17.5. The summed E-state index contributed by atoms with van der Waals surface area (Å²) in [4.78, 5) is 39.2. The Morgan fingerprint density at radius 1 is 1.10 bits per heavy atom. The SMILES string of the molecule is CN=C(N)c1ccc(C(=O)Nc2ccc3c(c2)CCC(OCC(=O)C(=O)OC)C3)cc1. The van der Waals surface area contributed by atoms with Gasteiger partial charge in [-0.2, -0.15) is 0 Å². The molecule has 31 heavy (non-hydrogen) atoms. The highest BCUT2D eigenvalue weighted by atomic mass is 16.5. The Bertz CT molecular complexity index is 1010. The van der Waals surface area contributed by atoms with E-state index in [1.807, 2.05) is 18.2 Å². The molecule has 1 unspecified atom stereocenters. The van der Waals surface area contributed by atoms with Gasteiger partial charge in [-0.3, -0.25) is 14.6 Å². The van der Waals surface area contributed by atoms with Crippen LogP contribution < -0.4 is 11.1 Å². The number of hydrogen-bond acceptors (Lipinski definition) is 6. The first kappa shape index (κ1) is 22.2. The number of aliphatic imine (C=N–C) groups is 1. The lowest BCUT2D eigenvalue weighted by Crippen LogP contribution is -2.28. The molecule has 0 bridgehead atoms. The van der Waals surface area contributed by atoms with E-state index >= 15 is 0 Å². The number of carbonyl (C=O) groups excluding carboxylic acids is 3. The normalized spacial score (nSPS) is 15.7. The third-order valence-electron chi connectivity index (χ3n) is 5.19. The van der Waals surface area contributed by atoms with Crippen molar-refractivity contribution in [2.75, 3.05) is 26.1 Å². The second-order valence-electron chi connectivity index (χ2n) is 7.21. The number of carbonyl (C=O) groups is 3. The highest BCUT2D eigenvalue weighted by Crippen LogP contribution is 2.26. The summed E-state index contributed by atoms with van der Waals surface area (Å²) in [6.45, 7) is -0.282. The van der Waals surface area contributed by atoms with E-state index in [2.05, 4.69) is 15.0 Å². The highest BCUT2D eigenvalue weighted by molar-refractivity contribution is 6.34. The molecule has 162 valence electrons. The minimum atomic E-state index is -0.895. The maximum absolute atomic E-state index is 12.6. The third-order valence-corrected chi connectivity index (χ3v) is 5.19. The molecule has 0 aliphatic heterocycles. The predicted octanol–water partition coefficient (Wildman–Crippen LogP) is 1.89. The van der Waals surface area contributed by atoms with E-state index < -0.39 is 11.8 Å². The first-order valence-electron chi connectivity index (χ1n) is 9.90. The Hall–Kier alpha value is -3.52. The van der Waals surface area contributed by atoms with Gasteiger partial charge < -0.3 is 20.5 Å². The van der Waals surface area contributed by atoms with Crippen LogP contribution in [0.3, 0.4) is 0 Å². The van der Waals surface area contributed by atoms with Gasteiger partial charge >= 0.3 is 5.97 Å². The molecule has 0 fully saturated rings. The fraction of sp³-hybridized carbons (Fsp3) is 0.304. The van der Waals surface area contributed by atoms with Crippen molar-refractivity contribution in [3.8, 4) is 0 Å². The largest absolute Gasteiger partial charge is 0.463 e. The fourth-order valence-corrected chi connectivity index (χ4v) is 3.43. The molecule has 0 saturated carbocycles. The molecular weight excluding hydrogens is 398 g/mol. The number of anilines is 1. The second kappa shape index (κ2) is 9.99. The van der Waals surface area contributed by atoms with Crippen molar-refractivity contribution in [1.29, 1.82) is 0 Å². The summed E-state index contributed by atoms with van der Waals surface area (Å²) in [5.74, 6) is -1.38. The third kappa shape index (κ3) is 5.55. The number of aryl methyl sites for hydroxylation is 1. The molecule has 1 amide bonds. The first-order chi connectivity index (χ1) is 14.9. The van der Waals surface area contributed by atoms with E-state index in [1.54, 1.807) is 31.3 Å². The first-order valence-corrected chi connectivity index (χ1v) is 9.90. The van der Waals surface area contributed by atoms with Crippen LogP contribution >= 0.6 is 0 Å². The highest BCUT2D eigenvalue weighted by Gasteiger charge is 2.22. The summed E-state index contributed by atoms with van der Waals surface area (Å²) < 4.78 is 9.97. The van der Waals surface area contributed by atoms with Crippen LogP contribution in [-0.2, 0) is 31.9 Å². The molecule has 8 nitrogen and oxygen atoms in total. The van der Waals surface area contributed by atoms with E-state index in [4.69, 9.17) is 10.5 Å². The van der Waals surface area contributed by atoms with Crippen molar-refractivity contribution in [3.63, 3.8) is 0 Å². The topological polar surface area (TPSA) is 120 Å².